The van der Waals surface area contributed by atoms with Crippen LogP contribution in [0.25, 0.3) is 5.52 Å². The molecule has 0 fully saturated rings. The second-order valence-electron chi connectivity index (χ2n) is 6.49. The molecule has 0 bridgehead atoms. The molecule has 0 atom stereocenters. The molecule has 7 heteroatoms. The molecule has 0 unspecified atom stereocenters. The van der Waals surface area contributed by atoms with Crippen molar-refractivity contribution < 1.29 is 14.0 Å². The van der Waals surface area contributed by atoms with Gasteiger partial charge in [0.05, 0.1) is 5.52 Å². The topological polar surface area (TPSA) is 66.7 Å². The van der Waals surface area contributed by atoms with E-state index in [1.807, 2.05) is 13.8 Å². The van der Waals surface area contributed by atoms with Gasteiger partial charge in [0.1, 0.15) is 5.82 Å². The second kappa shape index (κ2) is 8.65. The Bertz CT molecular complexity index is 976. The summed E-state index contributed by atoms with van der Waals surface area (Å²) >= 11 is 0. The summed E-state index contributed by atoms with van der Waals surface area (Å²) in [5, 5.41) is 2.70. The number of rotatable bonds is 7. The fraction of sp³-hybridized carbons (Fsp3) is 0.286. The van der Waals surface area contributed by atoms with Crippen molar-refractivity contribution in [2.24, 2.45) is 0 Å². The van der Waals surface area contributed by atoms with Crippen LogP contribution in [-0.4, -0.2) is 39.2 Å². The lowest BCUT2D eigenvalue weighted by atomic mass is 10.2. The number of fused-ring (bicyclic) bond motifs is 1. The molecule has 0 saturated heterocycles. The maximum Gasteiger partial charge on any atom is 0.292 e. The van der Waals surface area contributed by atoms with E-state index in [0.29, 0.717) is 24.3 Å². The molecule has 0 aliphatic heterocycles. The van der Waals surface area contributed by atoms with Crippen LogP contribution in [0.1, 0.15) is 47.8 Å². The lowest BCUT2D eigenvalue weighted by molar-refractivity contribution is 0.0752. The van der Waals surface area contributed by atoms with Gasteiger partial charge < -0.3 is 10.2 Å². The average molecular weight is 382 g/mol. The molecule has 0 radical (unpaired) electrons. The van der Waals surface area contributed by atoms with E-state index in [-0.39, 0.29) is 23.2 Å². The molecule has 2 aromatic heterocycles. The molecule has 0 aliphatic rings. The van der Waals surface area contributed by atoms with E-state index in [4.69, 9.17) is 0 Å². The van der Waals surface area contributed by atoms with Crippen molar-refractivity contribution in [3.05, 3.63) is 66.0 Å². The number of anilines is 1. The van der Waals surface area contributed by atoms with E-state index in [0.717, 1.165) is 12.8 Å². The minimum absolute atomic E-state index is 0.108. The van der Waals surface area contributed by atoms with E-state index in [1.165, 1.54) is 24.3 Å². The summed E-state index contributed by atoms with van der Waals surface area (Å²) in [6.07, 6.45) is 3.38. The van der Waals surface area contributed by atoms with Gasteiger partial charge in [0, 0.05) is 25.0 Å². The van der Waals surface area contributed by atoms with Gasteiger partial charge in [-0.05, 0) is 49.2 Å². The Morgan fingerprint density at radius 1 is 1.07 bits per heavy atom. The number of nitrogens with one attached hydrogen (secondary N) is 1. The van der Waals surface area contributed by atoms with Crippen molar-refractivity contribution >= 4 is 23.0 Å². The van der Waals surface area contributed by atoms with Gasteiger partial charge in [0.25, 0.3) is 11.8 Å². The van der Waals surface area contributed by atoms with Crippen LogP contribution in [0.2, 0.25) is 0 Å². The van der Waals surface area contributed by atoms with Crippen molar-refractivity contribution in [3.63, 3.8) is 0 Å². The first-order chi connectivity index (χ1) is 13.5. The predicted molar refractivity (Wildman–Crippen MR) is 106 cm³/mol. The maximum atomic E-state index is 13.1. The normalized spacial score (nSPS) is 10.8. The Kier molecular flexibility index (Phi) is 6.03. The third-order valence-corrected chi connectivity index (χ3v) is 4.33. The SMILES string of the molecule is CCCN(CCC)C(=O)c1nc(C(=O)Nc2ccc(F)cc2)n2ccccc12. The van der Waals surface area contributed by atoms with Gasteiger partial charge in [-0.1, -0.05) is 19.9 Å². The molecule has 28 heavy (non-hydrogen) atoms. The molecule has 2 amide bonds. The fourth-order valence-electron chi connectivity index (χ4n) is 3.08. The lowest BCUT2D eigenvalue weighted by Gasteiger charge is -2.20. The number of benzene rings is 1. The van der Waals surface area contributed by atoms with Gasteiger partial charge >= 0.3 is 0 Å². The van der Waals surface area contributed by atoms with Crippen LogP contribution in [0.5, 0.6) is 0 Å². The number of nitrogens with zero attached hydrogens (tertiary/aromatic N) is 3. The van der Waals surface area contributed by atoms with Crippen LogP contribution < -0.4 is 5.32 Å². The Morgan fingerprint density at radius 3 is 2.39 bits per heavy atom. The van der Waals surface area contributed by atoms with E-state index in [9.17, 15) is 14.0 Å². The first-order valence-corrected chi connectivity index (χ1v) is 9.38. The highest BCUT2D eigenvalue weighted by Gasteiger charge is 2.24. The molecule has 2 heterocycles. The van der Waals surface area contributed by atoms with Gasteiger partial charge in [0.2, 0.25) is 5.82 Å². The molecule has 0 spiro atoms. The standard InChI is InChI=1S/C21H23FN4O2/c1-3-12-25(13-4-2)21(28)18-17-7-5-6-14-26(17)19(24-18)20(27)23-16-10-8-15(22)9-11-16/h5-11,14H,3-4,12-13H2,1-2H3,(H,23,27). The number of aromatic nitrogens is 2. The molecular weight excluding hydrogens is 359 g/mol. The number of carbonyl (C=O) groups excluding carboxylic acids is 2. The summed E-state index contributed by atoms with van der Waals surface area (Å²) in [6, 6.07) is 10.8. The summed E-state index contributed by atoms with van der Waals surface area (Å²) < 4.78 is 14.7. The fourth-order valence-corrected chi connectivity index (χ4v) is 3.08. The lowest BCUT2D eigenvalue weighted by Crippen LogP contribution is -2.33. The zero-order valence-corrected chi connectivity index (χ0v) is 16.0. The third kappa shape index (κ3) is 4.03. The Labute approximate surface area is 163 Å². The molecule has 0 aliphatic carbocycles. The van der Waals surface area contributed by atoms with Crippen LogP contribution in [0.3, 0.4) is 0 Å². The molecule has 6 nitrogen and oxygen atoms in total. The van der Waals surface area contributed by atoms with Crippen molar-refractivity contribution in [1.82, 2.24) is 14.3 Å². The summed E-state index contributed by atoms with van der Waals surface area (Å²) in [6.45, 7) is 5.30. The summed E-state index contributed by atoms with van der Waals surface area (Å²) in [5.41, 5.74) is 1.28. The molecule has 146 valence electrons. The van der Waals surface area contributed by atoms with Crippen LogP contribution in [-0.2, 0) is 0 Å². The first-order valence-electron chi connectivity index (χ1n) is 9.38. The van der Waals surface area contributed by atoms with E-state index >= 15 is 0 Å². The summed E-state index contributed by atoms with van der Waals surface area (Å²) in [4.78, 5) is 31.9. The first kappa shape index (κ1) is 19.5. The van der Waals surface area contributed by atoms with E-state index in [1.54, 1.807) is 33.7 Å². The molecule has 3 aromatic rings. The van der Waals surface area contributed by atoms with Crippen LogP contribution in [0, 0.1) is 5.82 Å². The Morgan fingerprint density at radius 2 is 1.75 bits per heavy atom. The number of pyridine rings is 1. The minimum Gasteiger partial charge on any atom is -0.337 e. The van der Waals surface area contributed by atoms with E-state index in [2.05, 4.69) is 10.3 Å². The highest BCUT2D eigenvalue weighted by molar-refractivity contribution is 6.06. The van der Waals surface area contributed by atoms with Gasteiger partial charge in [-0.2, -0.15) is 0 Å². The summed E-state index contributed by atoms with van der Waals surface area (Å²) in [5.74, 6) is -0.932. The molecule has 1 N–H and O–H groups in total. The highest BCUT2D eigenvalue weighted by atomic mass is 19.1. The second-order valence-corrected chi connectivity index (χ2v) is 6.49. The zero-order chi connectivity index (χ0) is 20.1. The number of hydrogen-bond acceptors (Lipinski definition) is 3. The largest absolute Gasteiger partial charge is 0.337 e. The maximum absolute atomic E-state index is 13.1. The number of hydrogen-bond donors (Lipinski definition) is 1. The van der Waals surface area contributed by atoms with Gasteiger partial charge in [-0.15, -0.1) is 0 Å². The quantitative estimate of drug-likeness (QED) is 0.672. The number of imidazole rings is 1. The predicted octanol–water partition coefficient (Wildman–Crippen LogP) is 3.99. The van der Waals surface area contributed by atoms with Gasteiger partial charge in [-0.3, -0.25) is 14.0 Å². The number of halogens is 1. The van der Waals surface area contributed by atoms with Crippen LogP contribution >= 0.6 is 0 Å². The third-order valence-electron chi connectivity index (χ3n) is 4.33. The smallest absolute Gasteiger partial charge is 0.292 e. The Hall–Kier alpha value is -3.22. The number of amides is 2. The summed E-state index contributed by atoms with van der Waals surface area (Å²) in [7, 11) is 0. The van der Waals surface area contributed by atoms with Gasteiger partial charge in [0.15, 0.2) is 5.69 Å². The average Bonchev–Trinajstić information content (AvgIpc) is 3.09. The van der Waals surface area contributed by atoms with Crippen molar-refractivity contribution in [2.45, 2.75) is 26.7 Å². The minimum atomic E-state index is -0.468. The molecule has 0 saturated carbocycles. The van der Waals surface area contributed by atoms with Crippen LogP contribution in [0.4, 0.5) is 10.1 Å². The monoisotopic (exact) mass is 382 g/mol. The zero-order valence-electron chi connectivity index (χ0n) is 16.0. The molecule has 1 aromatic carbocycles. The molecular formula is C21H23FN4O2. The van der Waals surface area contributed by atoms with Crippen molar-refractivity contribution in [1.29, 1.82) is 0 Å². The highest BCUT2D eigenvalue weighted by Crippen LogP contribution is 2.18. The Balaban J connectivity index is 1.96. The molecule has 3 rings (SSSR count). The number of carbonyl (C=O) groups is 2. The van der Waals surface area contributed by atoms with Crippen molar-refractivity contribution in [2.75, 3.05) is 18.4 Å². The van der Waals surface area contributed by atoms with Gasteiger partial charge in [-0.25, -0.2) is 9.37 Å². The van der Waals surface area contributed by atoms with E-state index < -0.39 is 5.91 Å². The van der Waals surface area contributed by atoms with Crippen molar-refractivity contribution in [3.8, 4) is 0 Å². The van der Waals surface area contributed by atoms with Crippen LogP contribution in [0.15, 0.2) is 48.7 Å².